The van der Waals surface area contributed by atoms with Crippen molar-refractivity contribution in [2.45, 2.75) is 18.8 Å². The van der Waals surface area contributed by atoms with Gasteiger partial charge in [0, 0.05) is 61.2 Å². The average molecular weight is 504 g/mol. The number of aromatic nitrogens is 4. The van der Waals surface area contributed by atoms with Gasteiger partial charge in [-0.25, -0.2) is 4.98 Å². The molecule has 3 heterocycles. The Kier molecular flexibility index (Phi) is 4.83. The van der Waals surface area contributed by atoms with Crippen LogP contribution in [0.2, 0.25) is 0 Å². The number of fused-ring (bicyclic) bond motifs is 2. The molecule has 1 saturated carbocycles. The first-order valence-electron chi connectivity index (χ1n) is 13.0. The summed E-state index contributed by atoms with van der Waals surface area (Å²) in [6, 6.07) is 18.1. The monoisotopic (exact) mass is 503 g/mol. The minimum Gasteiger partial charge on any atom is -0.508 e. The zero-order valence-corrected chi connectivity index (χ0v) is 21.6. The second-order valence-electron chi connectivity index (χ2n) is 11.0. The fourth-order valence-corrected chi connectivity index (χ4v) is 6.65. The summed E-state index contributed by atoms with van der Waals surface area (Å²) < 4.78 is 4.04. The number of rotatable bonds is 4. The predicted molar refractivity (Wildman–Crippen MR) is 149 cm³/mol. The largest absolute Gasteiger partial charge is 0.508 e. The predicted octanol–water partition coefficient (Wildman–Crippen LogP) is 5.39. The number of likely N-dealkylation sites (tertiary alicyclic amines) is 1. The lowest BCUT2D eigenvalue weighted by molar-refractivity contribution is -0.146. The van der Waals surface area contributed by atoms with E-state index < -0.39 is 0 Å². The van der Waals surface area contributed by atoms with Crippen molar-refractivity contribution < 1.29 is 9.90 Å². The van der Waals surface area contributed by atoms with Crippen LogP contribution in [-0.4, -0.2) is 48.3 Å². The second kappa shape index (κ2) is 8.05. The summed E-state index contributed by atoms with van der Waals surface area (Å²) in [7, 11) is 4.02. The van der Waals surface area contributed by atoms with Crippen LogP contribution in [0, 0.1) is 5.41 Å². The van der Waals surface area contributed by atoms with Crippen molar-refractivity contribution >= 4 is 27.6 Å². The van der Waals surface area contributed by atoms with E-state index in [9.17, 15) is 9.90 Å². The number of carbonyl (C=O) groups is 1. The first kappa shape index (κ1) is 22.8. The number of nitrogens with zero attached hydrogens (tertiary/aromatic N) is 5. The lowest BCUT2D eigenvalue weighted by atomic mass is 9.57. The fourth-order valence-electron chi connectivity index (χ4n) is 6.65. The quantitative estimate of drug-likeness (QED) is 0.334. The molecule has 1 amide bonds. The van der Waals surface area contributed by atoms with Crippen molar-refractivity contribution in [1.82, 2.24) is 24.2 Å². The standard InChI is InChI=1S/C31H29N5O2/c1-4-27(38)36-17-31(18-36)14-22(15-31)30-32-28(20-9-10-26-21(11-20)16-34(2)33-26)29(35(30)3)25-13-23(37)12-19-7-5-6-8-24(19)25/h4-13,16,22,37H,1,14-15,17-18H2,2-3H3. The van der Waals surface area contributed by atoms with Crippen LogP contribution in [0.25, 0.3) is 44.2 Å². The highest BCUT2D eigenvalue weighted by Crippen LogP contribution is 2.56. The van der Waals surface area contributed by atoms with E-state index in [2.05, 4.69) is 41.5 Å². The van der Waals surface area contributed by atoms with Gasteiger partial charge in [-0.1, -0.05) is 36.9 Å². The van der Waals surface area contributed by atoms with Crippen LogP contribution in [-0.2, 0) is 18.9 Å². The number of carbonyl (C=O) groups excluding carboxylic acids is 1. The van der Waals surface area contributed by atoms with Crippen molar-refractivity contribution in [2.24, 2.45) is 19.5 Å². The van der Waals surface area contributed by atoms with Crippen LogP contribution >= 0.6 is 0 Å². The molecule has 1 saturated heterocycles. The molecule has 0 atom stereocenters. The molecule has 0 unspecified atom stereocenters. The fraction of sp³-hybridized carbons (Fsp3) is 0.258. The van der Waals surface area contributed by atoms with Crippen LogP contribution in [0.1, 0.15) is 24.6 Å². The molecule has 7 heteroatoms. The highest BCUT2D eigenvalue weighted by molar-refractivity contribution is 6.00. The maximum absolute atomic E-state index is 12.0. The molecule has 0 radical (unpaired) electrons. The Morgan fingerprint density at radius 3 is 2.66 bits per heavy atom. The Morgan fingerprint density at radius 1 is 1.08 bits per heavy atom. The number of hydrogen-bond acceptors (Lipinski definition) is 4. The number of hydrogen-bond donors (Lipinski definition) is 1. The van der Waals surface area contributed by atoms with Gasteiger partial charge in [0.15, 0.2) is 0 Å². The number of aromatic hydroxyl groups is 1. The zero-order valence-electron chi connectivity index (χ0n) is 21.6. The van der Waals surface area contributed by atoms with Crippen molar-refractivity contribution in [3.63, 3.8) is 0 Å². The lowest BCUT2D eigenvalue weighted by Gasteiger charge is -2.58. The molecule has 1 aliphatic carbocycles. The van der Waals surface area contributed by atoms with Gasteiger partial charge in [-0.3, -0.25) is 9.48 Å². The highest BCUT2D eigenvalue weighted by atomic mass is 16.3. The molecule has 38 heavy (non-hydrogen) atoms. The SMILES string of the molecule is C=CC(=O)N1CC2(CC(c3nc(-c4ccc5nn(C)cc5c4)c(-c4cc(O)cc5ccccc45)n3C)C2)C1. The summed E-state index contributed by atoms with van der Waals surface area (Å²) in [5.41, 5.74) is 5.03. The minimum atomic E-state index is 0.0159. The smallest absolute Gasteiger partial charge is 0.245 e. The summed E-state index contributed by atoms with van der Waals surface area (Å²) >= 11 is 0. The Bertz CT molecular complexity index is 1760. The van der Waals surface area contributed by atoms with Crippen LogP contribution < -0.4 is 0 Å². The van der Waals surface area contributed by atoms with Crippen LogP contribution in [0.3, 0.4) is 0 Å². The van der Waals surface area contributed by atoms with E-state index in [-0.39, 0.29) is 17.1 Å². The molecule has 7 nitrogen and oxygen atoms in total. The molecular weight excluding hydrogens is 474 g/mol. The Hall–Kier alpha value is -4.39. The van der Waals surface area contributed by atoms with Gasteiger partial charge in [0.1, 0.15) is 11.6 Å². The first-order chi connectivity index (χ1) is 18.3. The van der Waals surface area contributed by atoms with Gasteiger partial charge < -0.3 is 14.6 Å². The number of imidazole rings is 1. The van der Waals surface area contributed by atoms with Crippen LogP contribution in [0.5, 0.6) is 5.75 Å². The molecule has 5 aromatic rings. The van der Waals surface area contributed by atoms with Crippen molar-refractivity contribution in [2.75, 3.05) is 13.1 Å². The number of amides is 1. The number of benzene rings is 3. The molecule has 1 aliphatic heterocycles. The third kappa shape index (κ3) is 3.38. The van der Waals surface area contributed by atoms with Crippen LogP contribution in [0.15, 0.2) is 73.4 Å². The van der Waals surface area contributed by atoms with Gasteiger partial charge >= 0.3 is 0 Å². The van der Waals surface area contributed by atoms with E-state index in [0.717, 1.165) is 75.9 Å². The molecular formula is C31H29N5O2. The molecule has 190 valence electrons. The molecule has 7 rings (SSSR count). The van der Waals surface area contributed by atoms with Crippen molar-refractivity contribution in [3.05, 3.63) is 79.3 Å². The third-order valence-corrected chi connectivity index (χ3v) is 8.39. The normalized spacial score (nSPS) is 16.6. The average Bonchev–Trinajstić information content (AvgIpc) is 3.39. The summed E-state index contributed by atoms with van der Waals surface area (Å²) in [4.78, 5) is 19.1. The molecule has 0 bridgehead atoms. The van der Waals surface area contributed by atoms with E-state index in [0.29, 0.717) is 5.92 Å². The van der Waals surface area contributed by atoms with Gasteiger partial charge in [-0.2, -0.15) is 5.10 Å². The van der Waals surface area contributed by atoms with Gasteiger partial charge in [-0.15, -0.1) is 0 Å². The van der Waals surface area contributed by atoms with E-state index in [1.807, 2.05) is 53.2 Å². The molecule has 2 aliphatic rings. The molecule has 2 aromatic heterocycles. The Balaban J connectivity index is 1.35. The van der Waals surface area contributed by atoms with E-state index >= 15 is 0 Å². The van der Waals surface area contributed by atoms with Gasteiger partial charge in [0.25, 0.3) is 0 Å². The minimum absolute atomic E-state index is 0.0159. The molecule has 1 N–H and O–H groups in total. The van der Waals surface area contributed by atoms with Crippen LogP contribution in [0.4, 0.5) is 0 Å². The highest BCUT2D eigenvalue weighted by Gasteiger charge is 2.54. The van der Waals surface area contributed by atoms with E-state index in [4.69, 9.17) is 4.98 Å². The van der Waals surface area contributed by atoms with Gasteiger partial charge in [0.2, 0.25) is 5.91 Å². The van der Waals surface area contributed by atoms with E-state index in [1.165, 1.54) is 6.08 Å². The van der Waals surface area contributed by atoms with Crippen molar-refractivity contribution in [1.29, 1.82) is 0 Å². The second-order valence-corrected chi connectivity index (χ2v) is 11.0. The number of aryl methyl sites for hydroxylation is 1. The first-order valence-corrected chi connectivity index (χ1v) is 13.0. The number of phenolic OH excluding ortho intramolecular Hbond substituents is 1. The number of phenols is 1. The maximum Gasteiger partial charge on any atom is 0.245 e. The summed E-state index contributed by atoms with van der Waals surface area (Å²) in [5.74, 6) is 1.62. The molecule has 3 aromatic carbocycles. The Labute approximate surface area is 220 Å². The maximum atomic E-state index is 12.0. The topological polar surface area (TPSA) is 76.2 Å². The summed E-state index contributed by atoms with van der Waals surface area (Å²) in [6.07, 6.45) is 5.45. The lowest BCUT2D eigenvalue weighted by Crippen LogP contribution is -2.63. The zero-order chi connectivity index (χ0) is 26.2. The van der Waals surface area contributed by atoms with E-state index in [1.54, 1.807) is 6.07 Å². The van der Waals surface area contributed by atoms with Gasteiger partial charge in [-0.05, 0) is 54.0 Å². The van der Waals surface area contributed by atoms with Crippen molar-refractivity contribution in [3.8, 4) is 28.3 Å². The summed E-state index contributed by atoms with van der Waals surface area (Å²) in [6.45, 7) is 5.22. The summed E-state index contributed by atoms with van der Waals surface area (Å²) in [5, 5.41) is 18.3. The Morgan fingerprint density at radius 2 is 1.87 bits per heavy atom. The molecule has 2 fully saturated rings. The molecule has 1 spiro atoms. The van der Waals surface area contributed by atoms with Gasteiger partial charge in [0.05, 0.1) is 16.9 Å². The third-order valence-electron chi connectivity index (χ3n) is 8.39.